The number of hydrogen-bond donors (Lipinski definition) is 1. The van der Waals surface area contributed by atoms with Gasteiger partial charge in [-0.05, 0) is 61.6 Å². The summed E-state index contributed by atoms with van der Waals surface area (Å²) in [6.07, 6.45) is 2.86. The molecule has 0 radical (unpaired) electrons. The average Bonchev–Trinajstić information content (AvgIpc) is 2.14. The smallest absolute Gasteiger partial charge is 0.328 e. The summed E-state index contributed by atoms with van der Waals surface area (Å²) in [6.45, 7) is 8.12. The van der Waals surface area contributed by atoms with Crippen LogP contribution in [0.15, 0.2) is 12.1 Å². The van der Waals surface area contributed by atoms with Gasteiger partial charge in [0.15, 0.2) is 0 Å². The van der Waals surface area contributed by atoms with Crippen LogP contribution >= 0.6 is 0 Å². The van der Waals surface area contributed by atoms with Crippen molar-refractivity contribution in [3.05, 3.63) is 40.0 Å². The molecule has 0 saturated carbocycles. The third kappa shape index (κ3) is 2.46. The number of aliphatic carboxylic acids is 1. The van der Waals surface area contributed by atoms with Gasteiger partial charge in [0, 0.05) is 6.08 Å². The predicted octanol–water partition coefficient (Wildman–Crippen LogP) is 3.02. The van der Waals surface area contributed by atoms with E-state index >= 15 is 0 Å². The Balaban J connectivity index is 3.33. The highest BCUT2D eigenvalue weighted by Gasteiger charge is 2.05. The van der Waals surface area contributed by atoms with Crippen molar-refractivity contribution < 1.29 is 9.90 Å². The molecule has 0 spiro atoms. The molecule has 0 heterocycles. The lowest BCUT2D eigenvalue weighted by Gasteiger charge is -2.11. The summed E-state index contributed by atoms with van der Waals surface area (Å²) in [7, 11) is 0. The molecule has 0 bridgehead atoms. The minimum atomic E-state index is -0.909. The zero-order valence-corrected chi connectivity index (χ0v) is 9.59. The fourth-order valence-corrected chi connectivity index (χ4v) is 1.65. The summed E-state index contributed by atoms with van der Waals surface area (Å²) < 4.78 is 0. The highest BCUT2D eigenvalue weighted by Crippen LogP contribution is 2.22. The van der Waals surface area contributed by atoms with Gasteiger partial charge < -0.3 is 5.11 Å². The zero-order chi connectivity index (χ0) is 11.6. The normalized spacial score (nSPS) is 10.9. The van der Waals surface area contributed by atoms with Crippen molar-refractivity contribution in [2.75, 3.05) is 0 Å². The first-order chi connectivity index (χ1) is 6.93. The molecule has 0 atom stereocenters. The Labute approximate surface area is 90.3 Å². The summed E-state index contributed by atoms with van der Waals surface area (Å²) in [4.78, 5) is 10.5. The minimum Gasteiger partial charge on any atom is -0.478 e. The van der Waals surface area contributed by atoms with Crippen molar-refractivity contribution in [1.29, 1.82) is 0 Å². The third-order valence-electron chi connectivity index (χ3n) is 2.82. The van der Waals surface area contributed by atoms with Crippen LogP contribution in [0.3, 0.4) is 0 Å². The van der Waals surface area contributed by atoms with Gasteiger partial charge in [0.1, 0.15) is 0 Å². The Hall–Kier alpha value is -1.57. The number of rotatable bonds is 2. The van der Waals surface area contributed by atoms with Gasteiger partial charge in [-0.15, -0.1) is 0 Å². The van der Waals surface area contributed by atoms with Crippen LogP contribution in [0.4, 0.5) is 0 Å². The van der Waals surface area contributed by atoms with Gasteiger partial charge in [0.05, 0.1) is 0 Å². The van der Waals surface area contributed by atoms with Crippen LogP contribution in [-0.4, -0.2) is 11.1 Å². The number of hydrogen-bond acceptors (Lipinski definition) is 1. The summed E-state index contributed by atoms with van der Waals surface area (Å²) in [6, 6.07) is 2.13. The van der Waals surface area contributed by atoms with Gasteiger partial charge >= 0.3 is 5.97 Å². The molecule has 1 rings (SSSR count). The average molecular weight is 204 g/mol. The molecule has 15 heavy (non-hydrogen) atoms. The molecule has 1 aromatic carbocycles. The topological polar surface area (TPSA) is 37.3 Å². The second-order valence-electron chi connectivity index (χ2n) is 3.85. The maximum Gasteiger partial charge on any atom is 0.328 e. The van der Waals surface area contributed by atoms with Gasteiger partial charge in [-0.25, -0.2) is 4.79 Å². The molecule has 0 fully saturated rings. The second-order valence-corrected chi connectivity index (χ2v) is 3.85. The molecule has 1 N–H and O–H groups in total. The number of aryl methyl sites for hydroxylation is 2. The first-order valence-electron chi connectivity index (χ1n) is 4.92. The monoisotopic (exact) mass is 204 g/mol. The molecule has 2 nitrogen and oxygen atoms in total. The predicted molar refractivity (Wildman–Crippen MR) is 62.1 cm³/mol. The van der Waals surface area contributed by atoms with Crippen LogP contribution < -0.4 is 0 Å². The Morgan fingerprint density at radius 2 is 1.60 bits per heavy atom. The van der Waals surface area contributed by atoms with Gasteiger partial charge in [-0.2, -0.15) is 0 Å². The molecule has 0 aliphatic heterocycles. The van der Waals surface area contributed by atoms with Gasteiger partial charge in [0.2, 0.25) is 0 Å². The molecular weight excluding hydrogens is 188 g/mol. The van der Waals surface area contributed by atoms with Crippen LogP contribution in [0.5, 0.6) is 0 Å². The van der Waals surface area contributed by atoms with Crippen molar-refractivity contribution in [2.24, 2.45) is 0 Å². The van der Waals surface area contributed by atoms with E-state index in [1.165, 1.54) is 17.2 Å². The Morgan fingerprint density at radius 3 is 2.00 bits per heavy atom. The summed E-state index contributed by atoms with van der Waals surface area (Å²) in [5, 5.41) is 8.61. The lowest BCUT2D eigenvalue weighted by molar-refractivity contribution is -0.131. The van der Waals surface area contributed by atoms with Crippen molar-refractivity contribution >= 4 is 12.0 Å². The Kier molecular flexibility index (Phi) is 3.30. The van der Waals surface area contributed by atoms with Crippen LogP contribution in [-0.2, 0) is 4.79 Å². The molecular formula is C13H16O2. The first kappa shape index (κ1) is 11.5. The Bertz CT molecular complexity index is 402. The van der Waals surface area contributed by atoms with E-state index in [1.54, 1.807) is 6.08 Å². The highest BCUT2D eigenvalue weighted by atomic mass is 16.4. The SMILES string of the molecule is Cc1cc(C)c(C)c(C=CC(=O)O)c1C. The maximum absolute atomic E-state index is 10.5. The lowest BCUT2D eigenvalue weighted by Crippen LogP contribution is -1.95. The molecule has 0 amide bonds. The third-order valence-corrected chi connectivity index (χ3v) is 2.82. The molecule has 80 valence electrons. The Morgan fingerprint density at radius 1 is 1.13 bits per heavy atom. The van der Waals surface area contributed by atoms with Crippen LogP contribution in [0.25, 0.3) is 6.08 Å². The van der Waals surface area contributed by atoms with Crippen molar-refractivity contribution in [3.8, 4) is 0 Å². The molecule has 0 saturated heterocycles. The van der Waals surface area contributed by atoms with Gasteiger partial charge in [-0.3, -0.25) is 0 Å². The van der Waals surface area contributed by atoms with Crippen LogP contribution in [0.2, 0.25) is 0 Å². The molecule has 2 heteroatoms. The second kappa shape index (κ2) is 4.30. The number of carbonyl (C=O) groups is 1. The maximum atomic E-state index is 10.5. The largest absolute Gasteiger partial charge is 0.478 e. The highest BCUT2D eigenvalue weighted by molar-refractivity contribution is 5.86. The van der Waals surface area contributed by atoms with E-state index < -0.39 is 5.97 Å². The number of benzene rings is 1. The van der Waals surface area contributed by atoms with Crippen LogP contribution in [0, 0.1) is 27.7 Å². The van der Waals surface area contributed by atoms with E-state index in [9.17, 15) is 4.79 Å². The molecule has 0 aliphatic rings. The quantitative estimate of drug-likeness (QED) is 0.752. The van der Waals surface area contributed by atoms with Gasteiger partial charge in [0.25, 0.3) is 0 Å². The standard InChI is InChI=1S/C13H16O2/c1-8-7-9(2)11(4)12(10(8)3)5-6-13(14)15/h5-7H,1-4H3,(H,14,15). The fourth-order valence-electron chi connectivity index (χ4n) is 1.65. The lowest BCUT2D eigenvalue weighted by atomic mass is 9.94. The summed E-state index contributed by atoms with van der Waals surface area (Å²) in [5.41, 5.74) is 5.72. The van der Waals surface area contributed by atoms with Crippen molar-refractivity contribution in [2.45, 2.75) is 27.7 Å². The number of carboxylic acids is 1. The molecule has 0 aromatic heterocycles. The number of carboxylic acid groups (broad SMARTS) is 1. The van der Waals surface area contributed by atoms with E-state index in [1.807, 2.05) is 27.7 Å². The summed E-state index contributed by atoms with van der Waals surface area (Å²) >= 11 is 0. The molecule has 1 aromatic rings. The minimum absolute atomic E-state index is 0.909. The first-order valence-corrected chi connectivity index (χ1v) is 4.92. The van der Waals surface area contributed by atoms with Crippen LogP contribution in [0.1, 0.15) is 27.8 Å². The molecule has 0 unspecified atom stereocenters. The van der Waals surface area contributed by atoms with Crippen molar-refractivity contribution in [3.63, 3.8) is 0 Å². The van der Waals surface area contributed by atoms with Gasteiger partial charge in [-0.1, -0.05) is 6.07 Å². The fraction of sp³-hybridized carbons (Fsp3) is 0.308. The van der Waals surface area contributed by atoms with E-state index in [-0.39, 0.29) is 0 Å². The van der Waals surface area contributed by atoms with E-state index in [4.69, 9.17) is 5.11 Å². The van der Waals surface area contributed by atoms with E-state index in [0.29, 0.717) is 0 Å². The molecule has 0 aliphatic carbocycles. The van der Waals surface area contributed by atoms with E-state index in [0.717, 1.165) is 16.7 Å². The van der Waals surface area contributed by atoms with Crippen molar-refractivity contribution in [1.82, 2.24) is 0 Å². The zero-order valence-electron chi connectivity index (χ0n) is 9.59. The van der Waals surface area contributed by atoms with E-state index in [2.05, 4.69) is 6.07 Å². The summed E-state index contributed by atoms with van der Waals surface area (Å²) in [5.74, 6) is -0.909.